The van der Waals surface area contributed by atoms with Crippen LogP contribution in [0.4, 0.5) is 11.4 Å². The van der Waals surface area contributed by atoms with Gasteiger partial charge in [-0.3, -0.25) is 14.9 Å². The molecule has 0 fully saturated rings. The second-order valence-electron chi connectivity index (χ2n) is 5.03. The van der Waals surface area contributed by atoms with E-state index < -0.39 is 16.4 Å². The van der Waals surface area contributed by atoms with Crippen LogP contribution in [-0.2, 0) is 4.79 Å². The fourth-order valence-corrected chi connectivity index (χ4v) is 2.62. The minimum atomic E-state index is -0.816. The lowest BCUT2D eigenvalue weighted by Crippen LogP contribution is -2.04. The quantitative estimate of drug-likeness (QED) is 0.523. The summed E-state index contributed by atoms with van der Waals surface area (Å²) >= 11 is 5.96. The SMILES string of the molecule is COc1cc(/C=C2/C(=O)Nc3ccc(Cl)cc32)cc([N+](=O)[O-])c1[O-]. The molecule has 1 aliphatic heterocycles. The maximum absolute atomic E-state index is 12.1. The van der Waals surface area contributed by atoms with E-state index in [2.05, 4.69) is 5.32 Å². The molecule has 1 aliphatic rings. The molecule has 0 radical (unpaired) electrons. The van der Waals surface area contributed by atoms with Gasteiger partial charge in [0.1, 0.15) is 5.75 Å². The Morgan fingerprint density at radius 3 is 2.71 bits per heavy atom. The van der Waals surface area contributed by atoms with Gasteiger partial charge in [-0.2, -0.15) is 0 Å². The third-order valence-electron chi connectivity index (χ3n) is 3.55. The summed E-state index contributed by atoms with van der Waals surface area (Å²) in [4.78, 5) is 22.4. The molecular weight excluding hydrogens is 336 g/mol. The summed E-state index contributed by atoms with van der Waals surface area (Å²) in [5, 5.41) is 26.0. The molecule has 0 bridgehead atoms. The van der Waals surface area contributed by atoms with E-state index in [1.54, 1.807) is 18.2 Å². The summed E-state index contributed by atoms with van der Waals surface area (Å²) in [5.74, 6) is -1.34. The van der Waals surface area contributed by atoms with Crippen LogP contribution in [0.25, 0.3) is 11.6 Å². The number of carbonyl (C=O) groups is 1. The van der Waals surface area contributed by atoms with E-state index in [-0.39, 0.29) is 11.7 Å². The average Bonchev–Trinajstić information content (AvgIpc) is 2.84. The number of anilines is 1. The summed E-state index contributed by atoms with van der Waals surface area (Å²) in [7, 11) is 1.24. The minimum Gasteiger partial charge on any atom is -0.865 e. The Bertz CT molecular complexity index is 908. The number of benzene rings is 2. The van der Waals surface area contributed by atoms with Gasteiger partial charge in [0.15, 0.2) is 0 Å². The maximum Gasteiger partial charge on any atom is 0.266 e. The molecule has 0 atom stereocenters. The van der Waals surface area contributed by atoms with Crippen LogP contribution in [0.3, 0.4) is 0 Å². The number of nitrogens with zero attached hydrogens (tertiary/aromatic N) is 1. The second-order valence-corrected chi connectivity index (χ2v) is 5.47. The number of ether oxygens (including phenoxy) is 1. The molecule has 3 rings (SSSR count). The van der Waals surface area contributed by atoms with E-state index in [1.807, 2.05) is 0 Å². The predicted octanol–water partition coefficient (Wildman–Crippen LogP) is 2.82. The molecule has 24 heavy (non-hydrogen) atoms. The lowest BCUT2D eigenvalue weighted by atomic mass is 10.0. The number of halogens is 1. The molecule has 0 aromatic heterocycles. The lowest BCUT2D eigenvalue weighted by Gasteiger charge is -2.13. The highest BCUT2D eigenvalue weighted by Crippen LogP contribution is 2.38. The van der Waals surface area contributed by atoms with Crippen molar-refractivity contribution in [3.05, 3.63) is 56.6 Å². The molecule has 0 saturated carbocycles. The zero-order valence-electron chi connectivity index (χ0n) is 12.3. The Kier molecular flexibility index (Phi) is 3.86. The standard InChI is InChI=1S/C16H11ClN2O5/c1-24-14-6-8(5-13(15(14)20)19(22)23)4-11-10-7-9(17)2-3-12(10)18-16(11)21/h2-7,20H,1H3,(H,18,21)/p-1/b11-4+. The highest BCUT2D eigenvalue weighted by Gasteiger charge is 2.24. The van der Waals surface area contributed by atoms with Gasteiger partial charge in [0.2, 0.25) is 0 Å². The molecule has 0 saturated heterocycles. The first-order chi connectivity index (χ1) is 11.4. The van der Waals surface area contributed by atoms with Crippen molar-refractivity contribution in [2.75, 3.05) is 12.4 Å². The van der Waals surface area contributed by atoms with Crippen molar-refractivity contribution >= 4 is 40.5 Å². The fourth-order valence-electron chi connectivity index (χ4n) is 2.45. The molecule has 2 aromatic carbocycles. The topological polar surface area (TPSA) is 105 Å². The van der Waals surface area contributed by atoms with Crippen molar-refractivity contribution in [3.63, 3.8) is 0 Å². The van der Waals surface area contributed by atoms with Gasteiger partial charge in [0, 0.05) is 33.7 Å². The highest BCUT2D eigenvalue weighted by atomic mass is 35.5. The lowest BCUT2D eigenvalue weighted by molar-refractivity contribution is -0.398. The summed E-state index contributed by atoms with van der Waals surface area (Å²) in [6.45, 7) is 0. The van der Waals surface area contributed by atoms with Gasteiger partial charge >= 0.3 is 0 Å². The van der Waals surface area contributed by atoms with Crippen LogP contribution in [0.15, 0.2) is 30.3 Å². The van der Waals surface area contributed by atoms with E-state index >= 15 is 0 Å². The van der Waals surface area contributed by atoms with Gasteiger partial charge in [-0.05, 0) is 35.9 Å². The van der Waals surface area contributed by atoms with Gasteiger partial charge in [-0.15, -0.1) is 0 Å². The minimum absolute atomic E-state index is 0.166. The molecule has 1 amide bonds. The van der Waals surface area contributed by atoms with E-state index in [1.165, 1.54) is 19.3 Å². The molecule has 1 N–H and O–H groups in total. The Hall–Kier alpha value is -3.06. The van der Waals surface area contributed by atoms with Gasteiger partial charge in [-0.1, -0.05) is 11.6 Å². The number of nitro groups is 1. The first-order valence-electron chi connectivity index (χ1n) is 6.77. The Morgan fingerprint density at radius 2 is 2.04 bits per heavy atom. The molecule has 1 heterocycles. The van der Waals surface area contributed by atoms with E-state index in [0.29, 0.717) is 27.4 Å². The van der Waals surface area contributed by atoms with Crippen molar-refractivity contribution in [3.8, 4) is 11.5 Å². The van der Waals surface area contributed by atoms with Crippen LogP contribution in [0.1, 0.15) is 11.1 Å². The van der Waals surface area contributed by atoms with Gasteiger partial charge < -0.3 is 15.2 Å². The van der Waals surface area contributed by atoms with Crippen molar-refractivity contribution in [1.82, 2.24) is 0 Å². The zero-order chi connectivity index (χ0) is 17.4. The number of rotatable bonds is 3. The molecule has 7 nitrogen and oxygen atoms in total. The Labute approximate surface area is 141 Å². The monoisotopic (exact) mass is 345 g/mol. The molecule has 2 aromatic rings. The van der Waals surface area contributed by atoms with Crippen LogP contribution in [-0.4, -0.2) is 17.9 Å². The Morgan fingerprint density at radius 1 is 1.29 bits per heavy atom. The van der Waals surface area contributed by atoms with Crippen molar-refractivity contribution in [2.24, 2.45) is 0 Å². The van der Waals surface area contributed by atoms with E-state index in [4.69, 9.17) is 16.3 Å². The molecule has 122 valence electrons. The number of nitro benzene ring substituents is 1. The third kappa shape index (κ3) is 2.65. The number of hydrogen-bond acceptors (Lipinski definition) is 5. The second kappa shape index (κ2) is 5.86. The number of carbonyl (C=O) groups excluding carboxylic acids is 1. The van der Waals surface area contributed by atoms with Crippen molar-refractivity contribution in [1.29, 1.82) is 0 Å². The van der Waals surface area contributed by atoms with Crippen LogP contribution >= 0.6 is 11.6 Å². The summed E-state index contributed by atoms with van der Waals surface area (Å²) < 4.78 is 4.89. The summed E-state index contributed by atoms with van der Waals surface area (Å²) in [6.07, 6.45) is 1.45. The summed E-state index contributed by atoms with van der Waals surface area (Å²) in [5.41, 5.74) is 1.16. The molecule has 0 aliphatic carbocycles. The number of amides is 1. The van der Waals surface area contributed by atoms with Crippen LogP contribution in [0.5, 0.6) is 11.5 Å². The first-order valence-corrected chi connectivity index (χ1v) is 7.15. The van der Waals surface area contributed by atoms with Crippen molar-refractivity contribution in [2.45, 2.75) is 0 Å². The van der Waals surface area contributed by atoms with Gasteiger partial charge in [0.05, 0.1) is 12.0 Å². The number of hydrogen-bond donors (Lipinski definition) is 1. The van der Waals surface area contributed by atoms with Crippen LogP contribution < -0.4 is 15.2 Å². The molecule has 8 heteroatoms. The number of nitrogens with one attached hydrogen (secondary N) is 1. The normalized spacial score (nSPS) is 14.4. The highest BCUT2D eigenvalue weighted by molar-refractivity contribution is 6.36. The molecular formula is C16H10ClN2O5-. The smallest absolute Gasteiger partial charge is 0.266 e. The number of methoxy groups -OCH3 is 1. The Balaban J connectivity index is 2.16. The van der Waals surface area contributed by atoms with Crippen LogP contribution in [0.2, 0.25) is 5.02 Å². The third-order valence-corrected chi connectivity index (χ3v) is 3.78. The van der Waals surface area contributed by atoms with Crippen LogP contribution in [0, 0.1) is 10.1 Å². The first kappa shape index (κ1) is 15.8. The van der Waals surface area contributed by atoms with E-state index in [9.17, 15) is 20.0 Å². The average molecular weight is 346 g/mol. The van der Waals surface area contributed by atoms with Crippen molar-refractivity contribution < 1.29 is 19.6 Å². The van der Waals surface area contributed by atoms with E-state index in [0.717, 1.165) is 6.07 Å². The number of fused-ring (bicyclic) bond motifs is 1. The molecule has 0 spiro atoms. The predicted molar refractivity (Wildman–Crippen MR) is 87.0 cm³/mol. The van der Waals surface area contributed by atoms with Gasteiger partial charge in [-0.25, -0.2) is 0 Å². The summed E-state index contributed by atoms with van der Waals surface area (Å²) in [6, 6.07) is 7.38. The van der Waals surface area contributed by atoms with Gasteiger partial charge in [0.25, 0.3) is 11.6 Å². The largest absolute Gasteiger partial charge is 0.865 e. The fraction of sp³-hybridized carbons (Fsp3) is 0.0625. The zero-order valence-corrected chi connectivity index (χ0v) is 13.1. The maximum atomic E-state index is 12.1. The molecule has 0 unspecified atom stereocenters.